The molecule has 1 aliphatic carbocycles. The van der Waals surface area contributed by atoms with Gasteiger partial charge in [-0.2, -0.15) is 0 Å². The summed E-state index contributed by atoms with van der Waals surface area (Å²) in [5.74, 6) is 0.0647. The van der Waals surface area contributed by atoms with Gasteiger partial charge in [-0.3, -0.25) is 4.79 Å². The first-order valence-electron chi connectivity index (χ1n) is 9.84. The second-order valence-corrected chi connectivity index (χ2v) is 7.33. The Bertz CT molecular complexity index is 575. The van der Waals surface area contributed by atoms with Crippen LogP contribution in [0.3, 0.4) is 0 Å². The largest absolute Gasteiger partial charge is 0.379 e. The number of anilines is 1. The Morgan fingerprint density at radius 2 is 1.89 bits per heavy atom. The van der Waals surface area contributed by atoms with Gasteiger partial charge < -0.3 is 20.5 Å². The van der Waals surface area contributed by atoms with Crippen LogP contribution in [0.5, 0.6) is 0 Å². The molecule has 0 bridgehead atoms. The summed E-state index contributed by atoms with van der Waals surface area (Å²) in [5, 5.41) is 3.09. The fraction of sp³-hybridized carbons (Fsp3) is 0.667. The van der Waals surface area contributed by atoms with E-state index < -0.39 is 0 Å². The Morgan fingerprint density at radius 3 is 2.56 bits per heavy atom. The molecule has 1 amide bonds. The van der Waals surface area contributed by atoms with Crippen LogP contribution in [0.25, 0.3) is 0 Å². The van der Waals surface area contributed by atoms with E-state index in [2.05, 4.69) is 5.32 Å². The van der Waals surface area contributed by atoms with Crippen molar-refractivity contribution >= 4 is 24.0 Å². The van der Waals surface area contributed by atoms with Crippen molar-refractivity contribution in [2.45, 2.75) is 59.0 Å². The minimum atomic E-state index is -0.0176. The molecular weight excluding hydrogens is 364 g/mol. The van der Waals surface area contributed by atoms with E-state index in [9.17, 15) is 4.79 Å². The van der Waals surface area contributed by atoms with Gasteiger partial charge in [-0.15, -0.1) is 12.4 Å². The van der Waals surface area contributed by atoms with Crippen LogP contribution in [-0.2, 0) is 20.9 Å². The van der Waals surface area contributed by atoms with Gasteiger partial charge in [-0.1, -0.05) is 31.4 Å². The van der Waals surface area contributed by atoms with Crippen molar-refractivity contribution in [1.29, 1.82) is 0 Å². The van der Waals surface area contributed by atoms with E-state index in [0.717, 1.165) is 29.7 Å². The minimum absolute atomic E-state index is 0. The standard InChI is InChI=1S/C21H34N2O3.ClH/c1-3-25-12-13-26-15-18-8-7-9-19(17(18)2)23-20(24)14-21(16-22)10-5-4-6-11-21;/h7-9H,3-6,10-16,22H2,1-2H3,(H,23,24);1H. The number of hydrogen-bond acceptors (Lipinski definition) is 4. The number of nitrogens with two attached hydrogens (primary N) is 1. The molecule has 27 heavy (non-hydrogen) atoms. The van der Waals surface area contributed by atoms with Gasteiger partial charge in [-0.25, -0.2) is 0 Å². The van der Waals surface area contributed by atoms with E-state index in [-0.39, 0.29) is 23.7 Å². The fourth-order valence-corrected chi connectivity index (χ4v) is 3.71. The average Bonchev–Trinajstić information content (AvgIpc) is 2.65. The monoisotopic (exact) mass is 398 g/mol. The molecule has 0 unspecified atom stereocenters. The molecule has 0 aromatic heterocycles. The second-order valence-electron chi connectivity index (χ2n) is 7.33. The number of hydrogen-bond donors (Lipinski definition) is 2. The van der Waals surface area contributed by atoms with E-state index in [1.807, 2.05) is 32.0 Å². The summed E-state index contributed by atoms with van der Waals surface area (Å²) in [5.41, 5.74) is 9.01. The number of amides is 1. The van der Waals surface area contributed by atoms with Crippen molar-refractivity contribution in [3.63, 3.8) is 0 Å². The van der Waals surface area contributed by atoms with Gasteiger partial charge in [0.2, 0.25) is 5.91 Å². The molecule has 1 aromatic carbocycles. The number of carbonyl (C=O) groups is 1. The third-order valence-corrected chi connectivity index (χ3v) is 5.44. The van der Waals surface area contributed by atoms with Gasteiger partial charge in [0.05, 0.1) is 19.8 Å². The molecule has 1 saturated carbocycles. The van der Waals surface area contributed by atoms with E-state index >= 15 is 0 Å². The van der Waals surface area contributed by atoms with E-state index in [1.165, 1.54) is 19.3 Å². The van der Waals surface area contributed by atoms with Crippen LogP contribution in [0.1, 0.15) is 56.6 Å². The molecule has 154 valence electrons. The van der Waals surface area contributed by atoms with Crippen molar-refractivity contribution in [3.8, 4) is 0 Å². The van der Waals surface area contributed by atoms with Crippen molar-refractivity contribution in [2.24, 2.45) is 11.1 Å². The van der Waals surface area contributed by atoms with Crippen molar-refractivity contribution < 1.29 is 14.3 Å². The normalized spacial score (nSPS) is 15.8. The first kappa shape index (κ1) is 23.9. The lowest BCUT2D eigenvalue weighted by molar-refractivity contribution is -0.118. The molecule has 1 fully saturated rings. The molecule has 0 heterocycles. The summed E-state index contributed by atoms with van der Waals surface area (Å²) >= 11 is 0. The molecule has 1 aliphatic rings. The first-order valence-corrected chi connectivity index (χ1v) is 9.84. The number of halogens is 1. The van der Waals surface area contributed by atoms with Crippen LogP contribution in [0.15, 0.2) is 18.2 Å². The molecule has 0 aliphatic heterocycles. The summed E-state index contributed by atoms with van der Waals surface area (Å²) < 4.78 is 10.9. The number of nitrogens with one attached hydrogen (secondary N) is 1. The zero-order valence-electron chi connectivity index (χ0n) is 16.7. The van der Waals surface area contributed by atoms with Crippen molar-refractivity contribution in [2.75, 3.05) is 31.7 Å². The predicted molar refractivity (Wildman–Crippen MR) is 112 cm³/mol. The topological polar surface area (TPSA) is 73.6 Å². The third kappa shape index (κ3) is 7.41. The van der Waals surface area contributed by atoms with E-state index in [0.29, 0.717) is 39.4 Å². The van der Waals surface area contributed by atoms with Gasteiger partial charge in [0, 0.05) is 18.7 Å². The summed E-state index contributed by atoms with van der Waals surface area (Å²) in [4.78, 5) is 12.6. The second kappa shape index (κ2) is 12.3. The Labute approximate surface area is 169 Å². The molecular formula is C21H35ClN2O3. The molecule has 6 heteroatoms. The van der Waals surface area contributed by atoms with E-state index in [1.54, 1.807) is 0 Å². The van der Waals surface area contributed by atoms with Crippen LogP contribution >= 0.6 is 12.4 Å². The van der Waals surface area contributed by atoms with Crippen LogP contribution in [0, 0.1) is 12.3 Å². The Hall–Kier alpha value is -1.14. The molecule has 0 radical (unpaired) electrons. The maximum atomic E-state index is 12.6. The Kier molecular flexibility index (Phi) is 10.9. The predicted octanol–water partition coefficient (Wildman–Crippen LogP) is 4.21. The van der Waals surface area contributed by atoms with Gasteiger partial charge in [0.25, 0.3) is 0 Å². The maximum absolute atomic E-state index is 12.6. The summed E-state index contributed by atoms with van der Waals surface area (Å²) in [7, 11) is 0. The van der Waals surface area contributed by atoms with Crippen molar-refractivity contribution in [3.05, 3.63) is 29.3 Å². The molecule has 5 nitrogen and oxygen atoms in total. The summed E-state index contributed by atoms with van der Waals surface area (Å²) in [6, 6.07) is 5.95. The zero-order chi connectivity index (χ0) is 18.8. The minimum Gasteiger partial charge on any atom is -0.379 e. The molecule has 0 spiro atoms. The zero-order valence-corrected chi connectivity index (χ0v) is 17.5. The molecule has 1 aromatic rings. The highest BCUT2D eigenvalue weighted by Gasteiger charge is 2.33. The van der Waals surface area contributed by atoms with Gasteiger partial charge in [-0.05, 0) is 55.8 Å². The average molecular weight is 399 g/mol. The van der Waals surface area contributed by atoms with E-state index in [4.69, 9.17) is 15.2 Å². The smallest absolute Gasteiger partial charge is 0.224 e. The number of benzene rings is 1. The fourth-order valence-electron chi connectivity index (χ4n) is 3.71. The first-order chi connectivity index (χ1) is 12.6. The lowest BCUT2D eigenvalue weighted by atomic mass is 9.71. The lowest BCUT2D eigenvalue weighted by Crippen LogP contribution is -2.36. The Morgan fingerprint density at radius 1 is 1.19 bits per heavy atom. The quantitative estimate of drug-likeness (QED) is 0.579. The highest BCUT2D eigenvalue weighted by atomic mass is 35.5. The van der Waals surface area contributed by atoms with Crippen LogP contribution in [-0.4, -0.2) is 32.3 Å². The van der Waals surface area contributed by atoms with Crippen LogP contribution in [0.2, 0.25) is 0 Å². The van der Waals surface area contributed by atoms with Gasteiger partial charge >= 0.3 is 0 Å². The van der Waals surface area contributed by atoms with Gasteiger partial charge in [0.1, 0.15) is 0 Å². The van der Waals surface area contributed by atoms with Crippen molar-refractivity contribution in [1.82, 2.24) is 0 Å². The van der Waals surface area contributed by atoms with Gasteiger partial charge in [0.15, 0.2) is 0 Å². The van der Waals surface area contributed by atoms with Crippen LogP contribution < -0.4 is 11.1 Å². The SMILES string of the molecule is CCOCCOCc1cccc(NC(=O)CC2(CN)CCCCC2)c1C.Cl. The molecule has 3 N–H and O–H groups in total. The van der Waals surface area contributed by atoms with Crippen LogP contribution in [0.4, 0.5) is 5.69 Å². The highest BCUT2D eigenvalue weighted by molar-refractivity contribution is 5.92. The number of rotatable bonds is 10. The Balaban J connectivity index is 0.00000364. The third-order valence-electron chi connectivity index (χ3n) is 5.44. The summed E-state index contributed by atoms with van der Waals surface area (Å²) in [6.07, 6.45) is 6.25. The summed E-state index contributed by atoms with van der Waals surface area (Å²) in [6.45, 7) is 6.99. The lowest BCUT2D eigenvalue weighted by Gasteiger charge is -2.35. The number of carbonyl (C=O) groups excluding carboxylic acids is 1. The molecule has 0 saturated heterocycles. The highest BCUT2D eigenvalue weighted by Crippen LogP contribution is 2.38. The number of ether oxygens (including phenoxy) is 2. The molecule has 2 rings (SSSR count). The molecule has 0 atom stereocenters. The maximum Gasteiger partial charge on any atom is 0.224 e.